The Morgan fingerprint density at radius 2 is 2.10 bits per heavy atom. The second kappa shape index (κ2) is 6.43. The van der Waals surface area contributed by atoms with Gasteiger partial charge >= 0.3 is 0 Å². The van der Waals surface area contributed by atoms with Crippen molar-refractivity contribution >= 4 is 35.7 Å². The summed E-state index contributed by atoms with van der Waals surface area (Å²) in [5.74, 6) is 0.142. The molecule has 0 saturated heterocycles. The topological polar surface area (TPSA) is 80.0 Å². The summed E-state index contributed by atoms with van der Waals surface area (Å²) in [6, 6.07) is 9.68. The van der Waals surface area contributed by atoms with Crippen molar-refractivity contribution in [2.24, 2.45) is 0 Å². The molecule has 0 fully saturated rings. The van der Waals surface area contributed by atoms with Gasteiger partial charge in [-0.3, -0.25) is 0 Å². The van der Waals surface area contributed by atoms with Crippen LogP contribution in [-0.4, -0.2) is 13.4 Å². The minimum Gasteiger partial charge on any atom is -0.487 e. The Balaban J connectivity index is 2.26. The highest BCUT2D eigenvalue weighted by Crippen LogP contribution is 2.30. The van der Waals surface area contributed by atoms with E-state index in [-0.39, 0.29) is 22.9 Å². The van der Waals surface area contributed by atoms with Gasteiger partial charge in [-0.15, -0.1) is 0 Å². The van der Waals surface area contributed by atoms with Gasteiger partial charge in [0.15, 0.2) is 0 Å². The quantitative estimate of drug-likeness (QED) is 0.753. The van der Waals surface area contributed by atoms with E-state index in [0.717, 1.165) is 0 Å². The van der Waals surface area contributed by atoms with Gasteiger partial charge in [0, 0.05) is 21.4 Å². The number of rotatable bonds is 4. The van der Waals surface area contributed by atoms with Crippen LogP contribution in [0, 0.1) is 11.3 Å². The molecule has 0 saturated carbocycles. The van der Waals surface area contributed by atoms with Crippen molar-refractivity contribution in [3.05, 3.63) is 52.3 Å². The van der Waals surface area contributed by atoms with Crippen LogP contribution in [0.4, 0.5) is 0 Å². The maximum Gasteiger partial charge on any atom is 0.265 e. The Hall–Kier alpha value is -1.62. The zero-order valence-corrected chi connectivity index (χ0v) is 13.6. The highest BCUT2D eigenvalue weighted by atomic mass is 79.9. The van der Waals surface area contributed by atoms with E-state index in [1.165, 1.54) is 18.3 Å². The smallest absolute Gasteiger partial charge is 0.265 e. The van der Waals surface area contributed by atoms with Crippen LogP contribution in [0.15, 0.2) is 45.9 Å². The average molecular weight is 388 g/mol. The van der Waals surface area contributed by atoms with Crippen molar-refractivity contribution < 1.29 is 13.2 Å². The molecule has 8 heteroatoms. The second-order valence-corrected chi connectivity index (χ2v) is 7.43. The largest absolute Gasteiger partial charge is 0.487 e. The molecule has 0 aliphatic rings. The van der Waals surface area contributed by atoms with Gasteiger partial charge in [0.05, 0.1) is 0 Å². The molecular formula is C13H8BrClN2O3S. The summed E-state index contributed by atoms with van der Waals surface area (Å²) in [6.07, 6.45) is 1.48. The maximum atomic E-state index is 11.5. The van der Waals surface area contributed by atoms with E-state index >= 15 is 0 Å². The molecule has 0 radical (unpaired) electrons. The van der Waals surface area contributed by atoms with Gasteiger partial charge in [0.25, 0.3) is 9.05 Å². The standard InChI is InChI=1S/C13H8BrClN2O3S/c14-10-1-2-12(13(6-10)21(15,18)19)20-8-9-3-4-17-11(5-9)7-16/h1-6H,8H2. The third-order valence-electron chi connectivity index (χ3n) is 2.50. The van der Waals surface area contributed by atoms with Crippen LogP contribution in [0.25, 0.3) is 0 Å². The fourth-order valence-corrected chi connectivity index (χ4v) is 3.09. The molecule has 1 aromatic carbocycles. The normalized spacial score (nSPS) is 10.9. The van der Waals surface area contributed by atoms with Crippen molar-refractivity contribution in [3.63, 3.8) is 0 Å². The van der Waals surface area contributed by atoms with Crippen LogP contribution >= 0.6 is 26.6 Å². The third-order valence-corrected chi connectivity index (χ3v) is 4.34. The summed E-state index contributed by atoms with van der Waals surface area (Å²) in [4.78, 5) is 3.72. The summed E-state index contributed by atoms with van der Waals surface area (Å²) < 4.78 is 29.1. The number of halogens is 2. The molecular weight excluding hydrogens is 380 g/mol. The number of hydrogen-bond acceptors (Lipinski definition) is 5. The Morgan fingerprint density at radius 1 is 1.33 bits per heavy atom. The van der Waals surface area contributed by atoms with Crippen LogP contribution in [0.1, 0.15) is 11.3 Å². The van der Waals surface area contributed by atoms with Crippen molar-refractivity contribution in [1.29, 1.82) is 5.26 Å². The number of pyridine rings is 1. The van der Waals surface area contributed by atoms with Crippen LogP contribution in [0.3, 0.4) is 0 Å². The van der Waals surface area contributed by atoms with E-state index in [2.05, 4.69) is 20.9 Å². The van der Waals surface area contributed by atoms with E-state index in [4.69, 9.17) is 20.7 Å². The van der Waals surface area contributed by atoms with Gasteiger partial charge in [0.1, 0.15) is 29.0 Å². The van der Waals surface area contributed by atoms with Gasteiger partial charge in [-0.1, -0.05) is 15.9 Å². The zero-order valence-electron chi connectivity index (χ0n) is 10.5. The molecule has 21 heavy (non-hydrogen) atoms. The molecule has 2 rings (SSSR count). The average Bonchev–Trinajstić information content (AvgIpc) is 2.45. The van der Waals surface area contributed by atoms with Gasteiger partial charge in [0.2, 0.25) is 0 Å². The zero-order chi connectivity index (χ0) is 15.5. The van der Waals surface area contributed by atoms with Crippen LogP contribution in [-0.2, 0) is 15.7 Å². The van der Waals surface area contributed by atoms with Gasteiger partial charge in [-0.05, 0) is 35.9 Å². The third kappa shape index (κ3) is 4.17. The number of aromatic nitrogens is 1. The SMILES string of the molecule is N#Cc1cc(COc2ccc(Br)cc2S(=O)(=O)Cl)ccn1. The van der Waals surface area contributed by atoms with Crippen molar-refractivity contribution in [2.75, 3.05) is 0 Å². The highest BCUT2D eigenvalue weighted by molar-refractivity contribution is 9.10. The molecule has 0 unspecified atom stereocenters. The molecule has 0 aliphatic heterocycles. The molecule has 0 aliphatic carbocycles. The van der Waals surface area contributed by atoms with Crippen molar-refractivity contribution in [1.82, 2.24) is 4.98 Å². The van der Waals surface area contributed by atoms with Crippen LogP contribution in [0.5, 0.6) is 5.75 Å². The molecule has 0 amide bonds. The Kier molecular flexibility index (Phi) is 4.83. The molecule has 0 bridgehead atoms. The van der Waals surface area contributed by atoms with Gasteiger partial charge < -0.3 is 4.74 Å². The van der Waals surface area contributed by atoms with E-state index in [1.54, 1.807) is 18.2 Å². The highest BCUT2D eigenvalue weighted by Gasteiger charge is 2.17. The van der Waals surface area contributed by atoms with E-state index in [0.29, 0.717) is 10.0 Å². The summed E-state index contributed by atoms with van der Waals surface area (Å²) in [7, 11) is 1.46. The summed E-state index contributed by atoms with van der Waals surface area (Å²) in [6.45, 7) is 0.0955. The molecule has 5 nitrogen and oxygen atoms in total. The molecule has 0 N–H and O–H groups in total. The predicted molar refractivity (Wildman–Crippen MR) is 80.5 cm³/mol. The molecule has 1 aromatic heterocycles. The van der Waals surface area contributed by atoms with Gasteiger partial charge in [-0.2, -0.15) is 5.26 Å². The van der Waals surface area contributed by atoms with Crippen molar-refractivity contribution in [3.8, 4) is 11.8 Å². The minimum absolute atomic E-state index is 0.0955. The lowest BCUT2D eigenvalue weighted by Gasteiger charge is -2.10. The monoisotopic (exact) mass is 386 g/mol. The number of nitrogens with zero attached hydrogens (tertiary/aromatic N) is 2. The number of hydrogen-bond donors (Lipinski definition) is 0. The molecule has 0 atom stereocenters. The Bertz CT molecular complexity index is 818. The van der Waals surface area contributed by atoms with Gasteiger partial charge in [-0.25, -0.2) is 13.4 Å². The summed E-state index contributed by atoms with van der Waals surface area (Å²) in [5, 5.41) is 8.77. The first-order valence-electron chi connectivity index (χ1n) is 5.62. The molecule has 2 aromatic rings. The Labute approximate surface area is 134 Å². The molecule has 0 spiro atoms. The Morgan fingerprint density at radius 3 is 2.76 bits per heavy atom. The lowest BCUT2D eigenvalue weighted by atomic mass is 10.2. The predicted octanol–water partition coefficient (Wildman–Crippen LogP) is 3.22. The number of benzene rings is 1. The van der Waals surface area contributed by atoms with E-state index in [1.807, 2.05) is 6.07 Å². The number of ether oxygens (including phenoxy) is 1. The van der Waals surface area contributed by atoms with Crippen LogP contribution < -0.4 is 4.74 Å². The van der Waals surface area contributed by atoms with E-state index in [9.17, 15) is 8.42 Å². The lowest BCUT2D eigenvalue weighted by molar-refractivity contribution is 0.298. The van der Waals surface area contributed by atoms with E-state index < -0.39 is 9.05 Å². The first-order chi connectivity index (χ1) is 9.90. The minimum atomic E-state index is -3.92. The maximum absolute atomic E-state index is 11.5. The summed E-state index contributed by atoms with van der Waals surface area (Å²) in [5.41, 5.74) is 0.958. The lowest BCUT2D eigenvalue weighted by Crippen LogP contribution is -2.01. The first kappa shape index (κ1) is 15.8. The summed E-state index contributed by atoms with van der Waals surface area (Å²) >= 11 is 3.18. The first-order valence-corrected chi connectivity index (χ1v) is 8.72. The van der Waals surface area contributed by atoms with Crippen molar-refractivity contribution in [2.45, 2.75) is 11.5 Å². The molecule has 1 heterocycles. The molecule has 108 valence electrons. The fourth-order valence-electron chi connectivity index (χ4n) is 1.58. The fraction of sp³-hybridized carbons (Fsp3) is 0.0769. The number of nitriles is 1. The van der Waals surface area contributed by atoms with Crippen LogP contribution in [0.2, 0.25) is 0 Å². The second-order valence-electron chi connectivity index (χ2n) is 3.98.